The highest BCUT2D eigenvalue weighted by molar-refractivity contribution is 7.84. The second-order valence-electron chi connectivity index (χ2n) is 6.20. The van der Waals surface area contributed by atoms with Crippen molar-refractivity contribution < 1.29 is 17.4 Å². The Kier molecular flexibility index (Phi) is 5.85. The zero-order valence-electron chi connectivity index (χ0n) is 14.5. The normalized spacial score (nSPS) is 12.6. The molecule has 0 saturated carbocycles. The van der Waals surface area contributed by atoms with Gasteiger partial charge in [-0.1, -0.05) is 60.7 Å². The molecule has 0 bridgehead atoms. The smallest absolute Gasteiger partial charge is 0.333 e. The zero-order valence-corrected chi connectivity index (χ0v) is 15.4. The highest BCUT2D eigenvalue weighted by Gasteiger charge is 2.17. The molecule has 3 aromatic rings. The predicted molar refractivity (Wildman–Crippen MR) is 104 cm³/mol. The fourth-order valence-corrected chi connectivity index (χ4v) is 3.18. The Labute approximate surface area is 158 Å². The van der Waals surface area contributed by atoms with Crippen LogP contribution in [0, 0.1) is 0 Å². The molecule has 7 heteroatoms. The Morgan fingerprint density at radius 2 is 1.63 bits per heavy atom. The van der Waals surface area contributed by atoms with Gasteiger partial charge in [0, 0.05) is 5.56 Å². The summed E-state index contributed by atoms with van der Waals surface area (Å²) >= 11 is 0. The van der Waals surface area contributed by atoms with Crippen molar-refractivity contribution in [2.45, 2.75) is 12.5 Å². The molecule has 1 atom stereocenters. The van der Waals surface area contributed by atoms with E-state index in [1.165, 1.54) is 0 Å². The van der Waals surface area contributed by atoms with E-state index in [1.807, 2.05) is 60.7 Å². The summed E-state index contributed by atoms with van der Waals surface area (Å²) in [6, 6.07) is 22.0. The molecule has 0 spiro atoms. The standard InChI is InChI=1S/C20H20N2O4S/c21-27(24,25)26-14-19(12-15-6-2-1-3-7-15)22-20(23)18-11-10-16-8-4-5-9-17(16)13-18/h1-11,13,19H,12,14H2,(H,22,23)(H2,21,24,25)/t19-/m1/s1. The van der Waals surface area contributed by atoms with Crippen molar-refractivity contribution in [1.82, 2.24) is 5.32 Å². The molecule has 0 saturated heterocycles. The van der Waals surface area contributed by atoms with Crippen LogP contribution in [0.25, 0.3) is 10.8 Å². The molecule has 3 rings (SSSR count). The molecular formula is C20H20N2O4S. The van der Waals surface area contributed by atoms with E-state index < -0.39 is 16.3 Å². The monoisotopic (exact) mass is 384 g/mol. The van der Waals surface area contributed by atoms with Crippen molar-refractivity contribution in [1.29, 1.82) is 0 Å². The van der Waals surface area contributed by atoms with Crippen LogP contribution in [-0.2, 0) is 20.9 Å². The van der Waals surface area contributed by atoms with Crippen LogP contribution in [0.15, 0.2) is 72.8 Å². The van der Waals surface area contributed by atoms with Crippen molar-refractivity contribution in [2.75, 3.05) is 6.61 Å². The van der Waals surface area contributed by atoms with Gasteiger partial charge in [-0.25, -0.2) is 5.14 Å². The molecule has 27 heavy (non-hydrogen) atoms. The molecular weight excluding hydrogens is 364 g/mol. The summed E-state index contributed by atoms with van der Waals surface area (Å²) in [5, 5.41) is 9.74. The molecule has 3 aromatic carbocycles. The highest BCUT2D eigenvalue weighted by atomic mass is 32.2. The zero-order chi connectivity index (χ0) is 19.3. The van der Waals surface area contributed by atoms with Crippen LogP contribution >= 0.6 is 0 Å². The molecule has 140 valence electrons. The fraction of sp³-hybridized carbons (Fsp3) is 0.150. The van der Waals surface area contributed by atoms with E-state index in [1.54, 1.807) is 12.1 Å². The molecule has 3 N–H and O–H groups in total. The fourth-order valence-electron chi connectivity index (χ4n) is 2.83. The van der Waals surface area contributed by atoms with E-state index in [0.29, 0.717) is 12.0 Å². The highest BCUT2D eigenvalue weighted by Crippen LogP contribution is 2.16. The van der Waals surface area contributed by atoms with E-state index in [9.17, 15) is 13.2 Å². The number of fused-ring (bicyclic) bond motifs is 1. The number of benzene rings is 3. The first-order chi connectivity index (χ1) is 12.9. The SMILES string of the molecule is NS(=O)(=O)OC[C@@H](Cc1ccccc1)NC(=O)c1ccc2ccccc2c1. The first-order valence-corrected chi connectivity index (χ1v) is 9.88. The molecule has 0 fully saturated rings. The quantitative estimate of drug-likeness (QED) is 0.653. The number of carbonyl (C=O) groups is 1. The lowest BCUT2D eigenvalue weighted by molar-refractivity contribution is 0.0922. The van der Waals surface area contributed by atoms with Crippen LogP contribution in [0.4, 0.5) is 0 Å². The van der Waals surface area contributed by atoms with Crippen molar-refractivity contribution >= 4 is 27.0 Å². The van der Waals surface area contributed by atoms with Crippen LogP contribution < -0.4 is 10.5 Å². The Bertz CT molecular complexity index is 1040. The maximum Gasteiger partial charge on any atom is 0.333 e. The Balaban J connectivity index is 1.77. The van der Waals surface area contributed by atoms with Crippen LogP contribution in [0.5, 0.6) is 0 Å². The summed E-state index contributed by atoms with van der Waals surface area (Å²) < 4.78 is 27.0. The van der Waals surface area contributed by atoms with E-state index in [2.05, 4.69) is 5.32 Å². The minimum Gasteiger partial charge on any atom is -0.347 e. The van der Waals surface area contributed by atoms with Gasteiger partial charge in [0.05, 0.1) is 12.6 Å². The summed E-state index contributed by atoms with van der Waals surface area (Å²) in [7, 11) is -4.09. The van der Waals surface area contributed by atoms with Gasteiger partial charge >= 0.3 is 10.3 Å². The minimum absolute atomic E-state index is 0.243. The summed E-state index contributed by atoms with van der Waals surface area (Å²) in [4.78, 5) is 12.7. The topological polar surface area (TPSA) is 98.5 Å². The van der Waals surface area contributed by atoms with Crippen LogP contribution in [-0.4, -0.2) is 27.0 Å². The lowest BCUT2D eigenvalue weighted by Crippen LogP contribution is -2.41. The lowest BCUT2D eigenvalue weighted by atomic mass is 10.0. The van der Waals surface area contributed by atoms with Gasteiger partial charge in [0.1, 0.15) is 0 Å². The van der Waals surface area contributed by atoms with Crippen molar-refractivity contribution in [2.24, 2.45) is 5.14 Å². The molecule has 0 aliphatic heterocycles. The number of rotatable bonds is 7. The van der Waals surface area contributed by atoms with Crippen molar-refractivity contribution in [3.05, 3.63) is 83.9 Å². The summed E-state index contributed by atoms with van der Waals surface area (Å²) in [5.74, 6) is -0.306. The number of carbonyl (C=O) groups excluding carboxylic acids is 1. The van der Waals surface area contributed by atoms with Gasteiger partial charge in [-0.15, -0.1) is 0 Å². The second-order valence-corrected chi connectivity index (χ2v) is 7.42. The minimum atomic E-state index is -4.09. The maximum atomic E-state index is 12.7. The molecule has 0 aliphatic rings. The average Bonchev–Trinajstić information content (AvgIpc) is 2.66. The van der Waals surface area contributed by atoms with Crippen molar-refractivity contribution in [3.63, 3.8) is 0 Å². The third-order valence-corrected chi connectivity index (χ3v) is 4.57. The Morgan fingerprint density at radius 1 is 0.963 bits per heavy atom. The van der Waals surface area contributed by atoms with Gasteiger partial charge in [0.2, 0.25) is 0 Å². The third-order valence-electron chi connectivity index (χ3n) is 4.11. The van der Waals surface area contributed by atoms with Gasteiger partial charge in [-0.2, -0.15) is 8.42 Å². The average molecular weight is 384 g/mol. The molecule has 0 heterocycles. The molecule has 0 radical (unpaired) electrons. The lowest BCUT2D eigenvalue weighted by Gasteiger charge is -2.18. The largest absolute Gasteiger partial charge is 0.347 e. The number of nitrogens with one attached hydrogen (secondary N) is 1. The van der Waals surface area contributed by atoms with E-state index in [0.717, 1.165) is 16.3 Å². The van der Waals surface area contributed by atoms with Crippen LogP contribution in [0.3, 0.4) is 0 Å². The van der Waals surface area contributed by atoms with E-state index in [4.69, 9.17) is 9.32 Å². The maximum absolute atomic E-state index is 12.7. The van der Waals surface area contributed by atoms with Gasteiger partial charge in [-0.3, -0.25) is 8.98 Å². The summed E-state index contributed by atoms with van der Waals surface area (Å²) in [6.07, 6.45) is 0.412. The molecule has 0 aliphatic carbocycles. The van der Waals surface area contributed by atoms with Gasteiger partial charge in [-0.05, 0) is 34.9 Å². The Hall–Kier alpha value is -2.74. The number of nitrogens with two attached hydrogens (primary N) is 1. The Morgan fingerprint density at radius 3 is 2.33 bits per heavy atom. The first kappa shape index (κ1) is 19.0. The summed E-state index contributed by atoms with van der Waals surface area (Å²) in [6.45, 7) is -0.243. The first-order valence-electron chi connectivity index (χ1n) is 8.41. The second kappa shape index (κ2) is 8.30. The number of amides is 1. The molecule has 0 unspecified atom stereocenters. The van der Waals surface area contributed by atoms with Crippen LogP contribution in [0.2, 0.25) is 0 Å². The van der Waals surface area contributed by atoms with Crippen molar-refractivity contribution in [3.8, 4) is 0 Å². The molecule has 0 aromatic heterocycles. The van der Waals surface area contributed by atoms with Gasteiger partial charge in [0.15, 0.2) is 0 Å². The predicted octanol–water partition coefficient (Wildman–Crippen LogP) is 2.40. The third kappa shape index (κ3) is 5.62. The van der Waals surface area contributed by atoms with Crippen LogP contribution in [0.1, 0.15) is 15.9 Å². The number of hydrogen-bond donors (Lipinski definition) is 2. The van der Waals surface area contributed by atoms with Gasteiger partial charge < -0.3 is 5.32 Å². The number of hydrogen-bond acceptors (Lipinski definition) is 4. The summed E-state index contributed by atoms with van der Waals surface area (Å²) in [5.41, 5.74) is 1.43. The molecule has 1 amide bonds. The van der Waals surface area contributed by atoms with E-state index >= 15 is 0 Å². The molecule has 6 nitrogen and oxygen atoms in total. The van der Waals surface area contributed by atoms with E-state index in [-0.39, 0.29) is 12.5 Å². The van der Waals surface area contributed by atoms with Gasteiger partial charge in [0.25, 0.3) is 5.91 Å².